The van der Waals surface area contributed by atoms with Crippen LogP contribution in [0.15, 0.2) is 0 Å². The molecule has 0 spiro atoms. The van der Waals surface area contributed by atoms with E-state index >= 15 is 0 Å². The molecule has 0 aliphatic carbocycles. The van der Waals surface area contributed by atoms with Crippen molar-refractivity contribution in [3.63, 3.8) is 0 Å². The highest BCUT2D eigenvalue weighted by molar-refractivity contribution is 5.78. The van der Waals surface area contributed by atoms with Crippen molar-refractivity contribution in [2.45, 2.75) is 58.6 Å². The lowest BCUT2D eigenvalue weighted by Gasteiger charge is -2.41. The van der Waals surface area contributed by atoms with Gasteiger partial charge in [0.25, 0.3) is 0 Å². The number of ether oxygens (including phenoxy) is 1. The van der Waals surface area contributed by atoms with Crippen LogP contribution in [0.2, 0.25) is 0 Å². The Labute approximate surface area is 105 Å². The number of rotatable bonds is 8. The van der Waals surface area contributed by atoms with Crippen molar-refractivity contribution in [3.8, 4) is 0 Å². The molecule has 0 aromatic heterocycles. The van der Waals surface area contributed by atoms with E-state index in [0.717, 1.165) is 19.5 Å². The van der Waals surface area contributed by atoms with Gasteiger partial charge in [-0.1, -0.05) is 13.8 Å². The fourth-order valence-corrected chi connectivity index (χ4v) is 2.25. The highest BCUT2D eigenvalue weighted by Gasteiger charge is 2.43. The Hall–Kier alpha value is -0.610. The Morgan fingerprint density at radius 1 is 1.29 bits per heavy atom. The van der Waals surface area contributed by atoms with Crippen molar-refractivity contribution >= 4 is 5.97 Å². The van der Waals surface area contributed by atoms with Crippen LogP contribution in [0.3, 0.4) is 0 Å². The highest BCUT2D eigenvalue weighted by Crippen LogP contribution is 2.28. The van der Waals surface area contributed by atoms with E-state index in [9.17, 15) is 9.90 Å². The van der Waals surface area contributed by atoms with Crippen molar-refractivity contribution in [3.05, 3.63) is 0 Å². The maximum atomic E-state index is 11.6. The van der Waals surface area contributed by atoms with E-state index in [1.807, 2.05) is 25.7 Å². The van der Waals surface area contributed by atoms with Gasteiger partial charge in [0.15, 0.2) is 0 Å². The molecule has 1 unspecified atom stereocenters. The smallest absolute Gasteiger partial charge is 0.323 e. The topological polar surface area (TPSA) is 49.8 Å². The van der Waals surface area contributed by atoms with Crippen molar-refractivity contribution in [1.29, 1.82) is 0 Å². The Morgan fingerprint density at radius 2 is 1.82 bits per heavy atom. The molecule has 0 aromatic carbocycles. The molecule has 1 atom stereocenters. The van der Waals surface area contributed by atoms with Gasteiger partial charge in [-0.25, -0.2) is 0 Å². The van der Waals surface area contributed by atoms with Crippen LogP contribution < -0.4 is 0 Å². The summed E-state index contributed by atoms with van der Waals surface area (Å²) in [6.45, 7) is 11.2. The van der Waals surface area contributed by atoms with Gasteiger partial charge in [-0.05, 0) is 40.3 Å². The third-order valence-electron chi connectivity index (χ3n) is 3.36. The van der Waals surface area contributed by atoms with Crippen molar-refractivity contribution in [2.75, 3.05) is 20.2 Å². The van der Waals surface area contributed by atoms with Gasteiger partial charge in [0.1, 0.15) is 5.54 Å². The number of carbonyl (C=O) groups is 1. The van der Waals surface area contributed by atoms with E-state index in [1.165, 1.54) is 0 Å². The van der Waals surface area contributed by atoms with Crippen LogP contribution in [0, 0.1) is 0 Å². The molecule has 0 radical (unpaired) electrons. The number of aliphatic carboxylic acids is 1. The lowest BCUT2D eigenvalue weighted by atomic mass is 9.86. The first kappa shape index (κ1) is 16.4. The van der Waals surface area contributed by atoms with Crippen molar-refractivity contribution in [1.82, 2.24) is 4.90 Å². The second-order valence-corrected chi connectivity index (χ2v) is 5.30. The molecule has 4 heteroatoms. The number of hydrogen-bond acceptors (Lipinski definition) is 3. The average molecular weight is 245 g/mol. The van der Waals surface area contributed by atoms with Crippen molar-refractivity contribution in [2.24, 2.45) is 0 Å². The van der Waals surface area contributed by atoms with Crippen LogP contribution in [0.5, 0.6) is 0 Å². The summed E-state index contributed by atoms with van der Waals surface area (Å²) in [5, 5.41) is 9.52. The standard InChI is InChI=1S/C13H27NO3/c1-7-9-14(8-2)13(5,11(15)16)10-12(3,4)17-6/h7-10H2,1-6H3,(H,15,16). The minimum absolute atomic E-state index is 0.436. The maximum Gasteiger partial charge on any atom is 0.323 e. The van der Waals surface area contributed by atoms with Crippen LogP contribution in [0.4, 0.5) is 0 Å². The lowest BCUT2D eigenvalue weighted by Crippen LogP contribution is -2.56. The number of nitrogens with zero attached hydrogens (tertiary/aromatic N) is 1. The Balaban J connectivity index is 5.07. The fourth-order valence-electron chi connectivity index (χ4n) is 2.25. The minimum atomic E-state index is -0.871. The van der Waals surface area contributed by atoms with E-state index in [0.29, 0.717) is 6.42 Å². The molecule has 17 heavy (non-hydrogen) atoms. The fraction of sp³-hybridized carbons (Fsp3) is 0.923. The van der Waals surface area contributed by atoms with Crippen LogP contribution in [0.1, 0.15) is 47.5 Å². The van der Waals surface area contributed by atoms with Gasteiger partial charge in [0, 0.05) is 13.5 Å². The first-order valence-corrected chi connectivity index (χ1v) is 6.27. The third kappa shape index (κ3) is 4.28. The third-order valence-corrected chi connectivity index (χ3v) is 3.36. The molecule has 0 saturated carbocycles. The van der Waals surface area contributed by atoms with Gasteiger partial charge in [0.2, 0.25) is 0 Å². The average Bonchev–Trinajstić information content (AvgIpc) is 2.24. The van der Waals surface area contributed by atoms with Gasteiger partial charge < -0.3 is 9.84 Å². The number of carboxylic acids is 1. The summed E-state index contributed by atoms with van der Waals surface area (Å²) in [4.78, 5) is 13.6. The second kappa shape index (κ2) is 6.36. The summed E-state index contributed by atoms with van der Waals surface area (Å²) in [5.41, 5.74) is -1.31. The molecular formula is C13H27NO3. The van der Waals surface area contributed by atoms with E-state index < -0.39 is 17.1 Å². The second-order valence-electron chi connectivity index (χ2n) is 5.30. The summed E-state index contributed by atoms with van der Waals surface area (Å²) < 4.78 is 5.37. The van der Waals surface area contributed by atoms with Crippen molar-refractivity contribution < 1.29 is 14.6 Å². The van der Waals surface area contributed by atoms with Crippen LogP contribution in [-0.4, -0.2) is 47.3 Å². The molecule has 102 valence electrons. The number of hydrogen-bond donors (Lipinski definition) is 1. The normalized spacial score (nSPS) is 15.9. The summed E-state index contributed by atoms with van der Waals surface area (Å²) in [6.07, 6.45) is 1.42. The molecule has 0 bridgehead atoms. The molecule has 0 aromatic rings. The largest absolute Gasteiger partial charge is 0.480 e. The van der Waals surface area contributed by atoms with Gasteiger partial charge in [-0.2, -0.15) is 0 Å². The van der Waals surface area contributed by atoms with Crippen LogP contribution >= 0.6 is 0 Å². The lowest BCUT2D eigenvalue weighted by molar-refractivity contribution is -0.155. The molecule has 0 aliphatic rings. The van der Waals surface area contributed by atoms with E-state index in [4.69, 9.17) is 4.74 Å². The quantitative estimate of drug-likeness (QED) is 0.713. The van der Waals surface area contributed by atoms with Crippen LogP contribution in [0.25, 0.3) is 0 Å². The van der Waals surface area contributed by atoms with E-state index in [2.05, 4.69) is 6.92 Å². The number of likely N-dealkylation sites (N-methyl/N-ethyl adjacent to an activating group) is 1. The number of carboxylic acid groups (broad SMARTS) is 1. The zero-order valence-corrected chi connectivity index (χ0v) is 12.0. The molecule has 0 fully saturated rings. The Bertz CT molecular complexity index is 253. The van der Waals surface area contributed by atoms with Gasteiger partial charge in [-0.15, -0.1) is 0 Å². The zero-order valence-electron chi connectivity index (χ0n) is 12.0. The first-order valence-electron chi connectivity index (χ1n) is 6.27. The SMILES string of the molecule is CCCN(CC)C(C)(CC(C)(C)OC)C(=O)O. The predicted molar refractivity (Wildman–Crippen MR) is 69.3 cm³/mol. The Kier molecular flexibility index (Phi) is 6.13. The van der Waals surface area contributed by atoms with E-state index in [-0.39, 0.29) is 0 Å². The predicted octanol–water partition coefficient (Wildman–Crippen LogP) is 2.38. The molecule has 0 saturated heterocycles. The zero-order chi connectivity index (χ0) is 13.7. The van der Waals surface area contributed by atoms with E-state index in [1.54, 1.807) is 14.0 Å². The maximum absolute atomic E-state index is 11.6. The van der Waals surface area contributed by atoms with Gasteiger partial charge in [0.05, 0.1) is 5.60 Å². The van der Waals surface area contributed by atoms with Gasteiger partial charge in [-0.3, -0.25) is 9.69 Å². The highest BCUT2D eigenvalue weighted by atomic mass is 16.5. The number of methoxy groups -OCH3 is 1. The summed E-state index contributed by atoms with van der Waals surface area (Å²) in [5.74, 6) is -0.780. The molecule has 0 heterocycles. The Morgan fingerprint density at radius 3 is 2.12 bits per heavy atom. The van der Waals surface area contributed by atoms with Crippen LogP contribution in [-0.2, 0) is 9.53 Å². The molecule has 0 rings (SSSR count). The summed E-state index contributed by atoms with van der Waals surface area (Å²) in [6, 6.07) is 0. The molecular weight excluding hydrogens is 218 g/mol. The minimum Gasteiger partial charge on any atom is -0.480 e. The monoisotopic (exact) mass is 245 g/mol. The van der Waals surface area contributed by atoms with Gasteiger partial charge >= 0.3 is 5.97 Å². The molecule has 0 aliphatic heterocycles. The summed E-state index contributed by atoms with van der Waals surface area (Å²) >= 11 is 0. The molecule has 0 amide bonds. The molecule has 1 N–H and O–H groups in total. The first-order chi connectivity index (χ1) is 7.73. The molecule has 4 nitrogen and oxygen atoms in total. The summed E-state index contributed by atoms with van der Waals surface area (Å²) in [7, 11) is 1.62.